The van der Waals surface area contributed by atoms with Gasteiger partial charge in [-0.15, -0.1) is 24.5 Å². The molecule has 1 unspecified atom stereocenters. The van der Waals surface area contributed by atoms with Crippen molar-refractivity contribution in [2.45, 2.75) is 25.2 Å². The summed E-state index contributed by atoms with van der Waals surface area (Å²) >= 11 is 4.14. The van der Waals surface area contributed by atoms with Gasteiger partial charge < -0.3 is 14.6 Å². The summed E-state index contributed by atoms with van der Waals surface area (Å²) in [5, 5.41) is 9.39. The summed E-state index contributed by atoms with van der Waals surface area (Å²) in [4.78, 5) is 26.9. The molecular weight excluding hydrogens is 598 g/mol. The zero-order valence-electron chi connectivity index (χ0n) is 18.0. The van der Waals surface area contributed by atoms with Crippen molar-refractivity contribution < 1.29 is 40.9 Å². The third-order valence-corrected chi connectivity index (χ3v) is 7.23. The monoisotopic (exact) mass is 610 g/mol. The quantitative estimate of drug-likeness (QED) is 0.269. The molecule has 2 N–H and O–H groups in total. The molecule has 0 bridgehead atoms. The molecule has 0 fully saturated rings. The van der Waals surface area contributed by atoms with Crippen LogP contribution >= 0.6 is 27.3 Å². The molecule has 2 aromatic carbocycles. The van der Waals surface area contributed by atoms with E-state index in [0.29, 0.717) is 20.8 Å². The summed E-state index contributed by atoms with van der Waals surface area (Å²) in [6.07, 6.45) is -12.6. The number of aromatic nitrogens is 2. The van der Waals surface area contributed by atoms with Gasteiger partial charge in [0.25, 0.3) is 5.56 Å². The molecule has 0 amide bonds. The van der Waals surface area contributed by atoms with Gasteiger partial charge in [0.15, 0.2) is 6.10 Å². The van der Waals surface area contributed by atoms with Crippen LogP contribution in [0.4, 0.5) is 26.3 Å². The maximum absolute atomic E-state index is 12.9. The Morgan fingerprint density at radius 1 is 0.946 bits per heavy atom. The summed E-state index contributed by atoms with van der Waals surface area (Å²) in [7, 11) is 0. The minimum Gasteiger partial charge on any atom is -0.457 e. The highest BCUT2D eigenvalue weighted by atomic mass is 79.9. The van der Waals surface area contributed by atoms with Gasteiger partial charge in [-0.2, -0.15) is 13.2 Å². The van der Waals surface area contributed by atoms with Crippen LogP contribution in [0.1, 0.15) is 0 Å². The number of nitrogens with zero attached hydrogens (tertiary/aromatic N) is 1. The Bertz CT molecular complexity index is 1540. The van der Waals surface area contributed by atoms with Crippen LogP contribution in [0.2, 0.25) is 0 Å². The second-order valence-electron chi connectivity index (χ2n) is 7.50. The fourth-order valence-corrected chi connectivity index (χ4v) is 5.43. The lowest BCUT2D eigenvalue weighted by molar-refractivity contribution is -0.274. The number of ether oxygens (including phenoxy) is 2. The van der Waals surface area contributed by atoms with E-state index in [2.05, 4.69) is 20.7 Å². The predicted octanol–water partition coefficient (Wildman–Crippen LogP) is 5.79. The van der Waals surface area contributed by atoms with E-state index in [0.717, 1.165) is 23.5 Å². The number of hydrogen-bond donors (Lipinski definition) is 2. The van der Waals surface area contributed by atoms with E-state index in [1.165, 1.54) is 24.3 Å². The molecule has 37 heavy (non-hydrogen) atoms. The lowest BCUT2D eigenvalue weighted by atomic mass is 10.1. The van der Waals surface area contributed by atoms with Crippen LogP contribution in [-0.4, -0.2) is 33.3 Å². The molecular formula is C22H13BrF6N2O5S. The molecule has 4 rings (SSSR count). The molecule has 1 atom stereocenters. The number of fused-ring (bicyclic) bond motifs is 1. The van der Waals surface area contributed by atoms with Gasteiger partial charge in [0, 0.05) is 0 Å². The number of thiophene rings is 1. The SMILES string of the molecule is O=c1[nH]c(=O)n(CC(O)C(F)(F)F)c2sc(-c3ccc(Oc4ccc(OC(F)(F)F)cc4)cc3)c(Br)c12. The fraction of sp³-hybridized carbons (Fsp3) is 0.182. The van der Waals surface area contributed by atoms with Crippen LogP contribution in [0.15, 0.2) is 62.6 Å². The van der Waals surface area contributed by atoms with Crippen molar-refractivity contribution in [3.05, 3.63) is 73.8 Å². The zero-order valence-corrected chi connectivity index (χ0v) is 20.4. The molecule has 4 aromatic rings. The third-order valence-electron chi connectivity index (χ3n) is 4.91. The van der Waals surface area contributed by atoms with Gasteiger partial charge in [-0.1, -0.05) is 0 Å². The smallest absolute Gasteiger partial charge is 0.457 e. The molecule has 0 saturated carbocycles. The highest BCUT2D eigenvalue weighted by Crippen LogP contribution is 2.41. The van der Waals surface area contributed by atoms with Gasteiger partial charge in [-0.25, -0.2) is 4.79 Å². The number of aliphatic hydroxyl groups is 1. The van der Waals surface area contributed by atoms with Gasteiger partial charge >= 0.3 is 18.2 Å². The number of benzene rings is 2. The Morgan fingerprint density at radius 3 is 2.03 bits per heavy atom. The van der Waals surface area contributed by atoms with Crippen LogP contribution in [-0.2, 0) is 6.54 Å². The molecule has 7 nitrogen and oxygen atoms in total. The normalized spacial score (nSPS) is 13.1. The average molecular weight is 611 g/mol. The minimum absolute atomic E-state index is 0.0598. The summed E-state index contributed by atoms with van der Waals surface area (Å²) < 4.78 is 85.7. The van der Waals surface area contributed by atoms with Crippen molar-refractivity contribution in [3.8, 4) is 27.7 Å². The van der Waals surface area contributed by atoms with E-state index in [9.17, 15) is 41.0 Å². The number of aliphatic hydroxyl groups excluding tert-OH is 1. The van der Waals surface area contributed by atoms with E-state index in [-0.39, 0.29) is 20.4 Å². The van der Waals surface area contributed by atoms with E-state index < -0.39 is 42.2 Å². The van der Waals surface area contributed by atoms with E-state index in [1.54, 1.807) is 12.1 Å². The lowest BCUT2D eigenvalue weighted by Gasteiger charge is -2.15. The van der Waals surface area contributed by atoms with Crippen molar-refractivity contribution in [2.75, 3.05) is 0 Å². The number of hydrogen-bond acceptors (Lipinski definition) is 6. The fourth-order valence-electron chi connectivity index (χ4n) is 3.25. The standard InChI is InChI=1S/C22H13BrF6N2O5S/c23-16-15-18(33)30-20(34)31(9-14(32)21(24,25)26)19(15)37-17(16)10-1-3-11(4-2-10)35-12-5-7-13(8-6-12)36-22(27,28)29/h1-8,14,32H,9H2,(H,30,33,34). The molecule has 0 aliphatic rings. The van der Waals surface area contributed by atoms with Crippen molar-refractivity contribution in [3.63, 3.8) is 0 Å². The molecule has 2 heterocycles. The number of aromatic amines is 1. The van der Waals surface area contributed by atoms with Gasteiger partial charge in [0.1, 0.15) is 22.1 Å². The summed E-state index contributed by atoms with van der Waals surface area (Å²) in [5.41, 5.74) is -1.40. The number of H-pyrrole nitrogens is 1. The summed E-state index contributed by atoms with van der Waals surface area (Å²) in [5.74, 6) is 0.124. The number of rotatable bonds is 6. The lowest BCUT2D eigenvalue weighted by Crippen LogP contribution is -2.38. The molecule has 2 aromatic heterocycles. The second kappa shape index (κ2) is 9.87. The first kappa shape index (κ1) is 26.8. The number of alkyl halides is 6. The first-order chi connectivity index (χ1) is 17.2. The van der Waals surface area contributed by atoms with Gasteiger partial charge in [0.2, 0.25) is 0 Å². The first-order valence-electron chi connectivity index (χ1n) is 10.1. The largest absolute Gasteiger partial charge is 0.573 e. The predicted molar refractivity (Wildman–Crippen MR) is 125 cm³/mol. The van der Waals surface area contributed by atoms with Crippen LogP contribution in [0.5, 0.6) is 17.2 Å². The molecule has 0 radical (unpaired) electrons. The highest BCUT2D eigenvalue weighted by Gasteiger charge is 2.39. The maximum Gasteiger partial charge on any atom is 0.573 e. The van der Waals surface area contributed by atoms with Crippen LogP contribution in [0, 0.1) is 0 Å². The Balaban J connectivity index is 1.62. The summed E-state index contributed by atoms with van der Waals surface area (Å²) in [6.45, 7) is -1.11. The van der Waals surface area contributed by atoms with Gasteiger partial charge in [0.05, 0.1) is 21.3 Å². The first-order valence-corrected chi connectivity index (χ1v) is 11.7. The van der Waals surface area contributed by atoms with Crippen LogP contribution < -0.4 is 20.7 Å². The molecule has 15 heteroatoms. The Morgan fingerprint density at radius 2 is 1.49 bits per heavy atom. The van der Waals surface area contributed by atoms with Gasteiger partial charge in [-0.3, -0.25) is 14.3 Å². The minimum atomic E-state index is -4.97. The van der Waals surface area contributed by atoms with Crippen LogP contribution in [0.25, 0.3) is 20.7 Å². The average Bonchev–Trinajstić information content (AvgIpc) is 3.14. The molecule has 0 saturated heterocycles. The number of nitrogens with one attached hydrogen (secondary N) is 1. The van der Waals surface area contributed by atoms with Crippen molar-refractivity contribution in [1.29, 1.82) is 0 Å². The van der Waals surface area contributed by atoms with Crippen molar-refractivity contribution in [2.24, 2.45) is 0 Å². The van der Waals surface area contributed by atoms with Crippen LogP contribution in [0.3, 0.4) is 0 Å². The highest BCUT2D eigenvalue weighted by molar-refractivity contribution is 9.10. The molecule has 0 spiro atoms. The Labute approximate surface area is 214 Å². The molecule has 196 valence electrons. The summed E-state index contributed by atoms with van der Waals surface area (Å²) in [6, 6.07) is 10.9. The second-order valence-corrected chi connectivity index (χ2v) is 9.29. The van der Waals surface area contributed by atoms with E-state index >= 15 is 0 Å². The topological polar surface area (TPSA) is 93.6 Å². The maximum atomic E-state index is 12.9. The third kappa shape index (κ3) is 5.99. The van der Waals surface area contributed by atoms with E-state index in [4.69, 9.17) is 4.74 Å². The molecule has 0 aliphatic carbocycles. The molecule has 0 aliphatic heterocycles. The van der Waals surface area contributed by atoms with E-state index in [1.807, 2.05) is 4.98 Å². The number of halogens is 7. The Kier molecular flexibility index (Phi) is 7.14. The van der Waals surface area contributed by atoms with Crippen molar-refractivity contribution >= 4 is 37.5 Å². The van der Waals surface area contributed by atoms with Gasteiger partial charge in [-0.05, 0) is 70.0 Å². The Hall–Kier alpha value is -3.30. The zero-order chi connectivity index (χ0) is 27.1. The van der Waals surface area contributed by atoms with Crippen molar-refractivity contribution in [1.82, 2.24) is 9.55 Å².